The van der Waals surface area contributed by atoms with Gasteiger partial charge in [-0.15, -0.1) is 0 Å². The van der Waals surface area contributed by atoms with E-state index < -0.39 is 6.10 Å². The summed E-state index contributed by atoms with van der Waals surface area (Å²) >= 11 is 0. The molecule has 0 aliphatic heterocycles. The van der Waals surface area contributed by atoms with Crippen molar-refractivity contribution >= 4 is 17.9 Å². The Morgan fingerprint density at radius 3 is 0.839 bits per heavy atom. The van der Waals surface area contributed by atoms with Crippen molar-refractivity contribution in [2.75, 3.05) is 13.2 Å². The zero-order chi connectivity index (χ0) is 45.2. The van der Waals surface area contributed by atoms with Crippen LogP contribution in [0.5, 0.6) is 0 Å². The lowest BCUT2D eigenvalue weighted by atomic mass is 9.99. The largest absolute Gasteiger partial charge is 0.462 e. The van der Waals surface area contributed by atoms with Crippen LogP contribution in [0.4, 0.5) is 0 Å². The van der Waals surface area contributed by atoms with Crippen molar-refractivity contribution in [2.45, 2.75) is 323 Å². The van der Waals surface area contributed by atoms with Gasteiger partial charge in [0.1, 0.15) is 13.2 Å². The van der Waals surface area contributed by atoms with E-state index in [1.54, 1.807) is 0 Å². The number of rotatable bonds is 51. The molecule has 0 saturated carbocycles. The first kappa shape index (κ1) is 60.4. The molecule has 0 amide bonds. The van der Waals surface area contributed by atoms with Crippen LogP contribution in [-0.2, 0) is 28.6 Å². The molecular formula is C56H108O6. The Morgan fingerprint density at radius 1 is 0.323 bits per heavy atom. The number of carbonyl (C=O) groups is 3. The van der Waals surface area contributed by atoms with Gasteiger partial charge in [0.2, 0.25) is 0 Å². The minimum Gasteiger partial charge on any atom is -0.462 e. The summed E-state index contributed by atoms with van der Waals surface area (Å²) in [7, 11) is 0. The number of carbonyl (C=O) groups excluding carboxylic acids is 3. The molecular weight excluding hydrogens is 769 g/mol. The van der Waals surface area contributed by atoms with E-state index in [0.29, 0.717) is 19.3 Å². The summed E-state index contributed by atoms with van der Waals surface area (Å²) in [4.78, 5) is 38.0. The maximum Gasteiger partial charge on any atom is 0.306 e. The highest BCUT2D eigenvalue weighted by Crippen LogP contribution is 2.18. The maximum absolute atomic E-state index is 12.8. The molecule has 0 radical (unpaired) electrons. The molecule has 0 fully saturated rings. The second kappa shape index (κ2) is 50.4. The van der Waals surface area contributed by atoms with Gasteiger partial charge in [0.15, 0.2) is 6.10 Å². The molecule has 0 heterocycles. The van der Waals surface area contributed by atoms with E-state index in [2.05, 4.69) is 27.7 Å². The van der Waals surface area contributed by atoms with Crippen molar-refractivity contribution in [1.29, 1.82) is 0 Å². The lowest BCUT2D eigenvalue weighted by molar-refractivity contribution is -0.167. The van der Waals surface area contributed by atoms with Gasteiger partial charge >= 0.3 is 17.9 Å². The first-order valence-corrected chi connectivity index (χ1v) is 27.9. The molecule has 0 aromatic rings. The standard InChI is InChI=1S/C56H108O6/c1-5-8-10-12-14-16-18-19-20-21-26-29-33-37-41-45-49-56(59)62-53(50-60-54(57)47-43-39-35-31-17-15-13-11-9-6-2)51-61-55(58)48-44-40-36-32-28-25-23-22-24-27-30-34-38-42-46-52(4)7-3/h52-53H,5-51H2,1-4H3/t52?,53-/m1/s1. The highest BCUT2D eigenvalue weighted by molar-refractivity contribution is 5.71. The molecule has 0 bridgehead atoms. The molecule has 0 aromatic carbocycles. The molecule has 0 spiro atoms. The summed E-state index contributed by atoms with van der Waals surface area (Å²) < 4.78 is 16.8. The van der Waals surface area contributed by atoms with Crippen LogP contribution in [0.15, 0.2) is 0 Å². The van der Waals surface area contributed by atoms with Crippen molar-refractivity contribution < 1.29 is 28.6 Å². The lowest BCUT2D eigenvalue weighted by Gasteiger charge is -2.18. The summed E-state index contributed by atoms with van der Waals surface area (Å²) in [6, 6.07) is 0. The average Bonchev–Trinajstić information content (AvgIpc) is 3.27. The number of hydrogen-bond acceptors (Lipinski definition) is 6. The Bertz CT molecular complexity index is 935. The monoisotopic (exact) mass is 877 g/mol. The van der Waals surface area contributed by atoms with Crippen molar-refractivity contribution in [3.8, 4) is 0 Å². The molecule has 0 aliphatic carbocycles. The number of esters is 3. The second-order valence-electron chi connectivity index (χ2n) is 19.5. The Hall–Kier alpha value is -1.59. The third-order valence-electron chi connectivity index (χ3n) is 13.2. The van der Waals surface area contributed by atoms with Gasteiger partial charge in [-0.3, -0.25) is 14.4 Å². The molecule has 6 heteroatoms. The summed E-state index contributed by atoms with van der Waals surface area (Å²) in [6.45, 7) is 9.08. The fourth-order valence-corrected chi connectivity index (χ4v) is 8.54. The van der Waals surface area contributed by atoms with Gasteiger partial charge in [-0.2, -0.15) is 0 Å². The summed E-state index contributed by atoms with van der Waals surface area (Å²) in [6.07, 6.45) is 53.7. The minimum absolute atomic E-state index is 0.0622. The van der Waals surface area contributed by atoms with Gasteiger partial charge in [0.05, 0.1) is 0 Å². The van der Waals surface area contributed by atoms with Gasteiger partial charge in [-0.1, -0.05) is 278 Å². The van der Waals surface area contributed by atoms with Crippen molar-refractivity contribution in [3.05, 3.63) is 0 Å². The minimum atomic E-state index is -0.761. The molecule has 0 saturated heterocycles. The van der Waals surface area contributed by atoms with Crippen LogP contribution in [0, 0.1) is 5.92 Å². The van der Waals surface area contributed by atoms with E-state index in [4.69, 9.17) is 14.2 Å². The molecule has 0 rings (SSSR count). The topological polar surface area (TPSA) is 78.9 Å². The van der Waals surface area contributed by atoms with Gasteiger partial charge in [0, 0.05) is 19.3 Å². The first-order valence-electron chi connectivity index (χ1n) is 27.9. The van der Waals surface area contributed by atoms with Crippen molar-refractivity contribution in [1.82, 2.24) is 0 Å². The molecule has 368 valence electrons. The average molecular weight is 877 g/mol. The molecule has 62 heavy (non-hydrogen) atoms. The fraction of sp³-hybridized carbons (Fsp3) is 0.946. The van der Waals surface area contributed by atoms with E-state index in [-0.39, 0.29) is 31.1 Å². The SMILES string of the molecule is CCCCCCCCCCCCCCCCCCC(=O)O[C@H](COC(=O)CCCCCCCCCCCC)COC(=O)CCCCCCCCCCCCCCCCC(C)CC. The van der Waals surface area contributed by atoms with E-state index in [1.807, 2.05) is 0 Å². The maximum atomic E-state index is 12.8. The third-order valence-corrected chi connectivity index (χ3v) is 13.2. The van der Waals surface area contributed by atoms with Crippen LogP contribution >= 0.6 is 0 Å². The van der Waals surface area contributed by atoms with Crippen LogP contribution in [-0.4, -0.2) is 37.2 Å². The molecule has 0 aromatic heterocycles. The Morgan fingerprint density at radius 2 is 0.565 bits per heavy atom. The molecule has 1 unspecified atom stereocenters. The smallest absolute Gasteiger partial charge is 0.306 e. The number of ether oxygens (including phenoxy) is 3. The van der Waals surface area contributed by atoms with Crippen LogP contribution < -0.4 is 0 Å². The first-order chi connectivity index (χ1) is 30.4. The Labute approximate surface area is 387 Å². The number of unbranched alkanes of at least 4 members (excludes halogenated alkanes) is 37. The second-order valence-corrected chi connectivity index (χ2v) is 19.5. The zero-order valence-corrected chi connectivity index (χ0v) is 42.3. The zero-order valence-electron chi connectivity index (χ0n) is 42.3. The van der Waals surface area contributed by atoms with Crippen molar-refractivity contribution in [2.24, 2.45) is 5.92 Å². The molecule has 2 atom stereocenters. The van der Waals surface area contributed by atoms with E-state index in [1.165, 1.54) is 212 Å². The van der Waals surface area contributed by atoms with Gasteiger partial charge in [-0.25, -0.2) is 0 Å². The molecule has 0 N–H and O–H groups in total. The Kier molecular flexibility index (Phi) is 49.1. The lowest BCUT2D eigenvalue weighted by Crippen LogP contribution is -2.30. The third kappa shape index (κ3) is 47.9. The van der Waals surface area contributed by atoms with Crippen LogP contribution in [0.25, 0.3) is 0 Å². The highest BCUT2D eigenvalue weighted by atomic mass is 16.6. The van der Waals surface area contributed by atoms with Crippen LogP contribution in [0.2, 0.25) is 0 Å². The summed E-state index contributed by atoms with van der Waals surface area (Å²) in [5.74, 6) is 0.0560. The molecule has 0 aliphatic rings. The van der Waals surface area contributed by atoms with E-state index in [0.717, 1.165) is 63.7 Å². The number of hydrogen-bond donors (Lipinski definition) is 0. The highest BCUT2D eigenvalue weighted by Gasteiger charge is 2.19. The fourth-order valence-electron chi connectivity index (χ4n) is 8.54. The van der Waals surface area contributed by atoms with E-state index >= 15 is 0 Å². The van der Waals surface area contributed by atoms with Crippen molar-refractivity contribution in [3.63, 3.8) is 0 Å². The van der Waals surface area contributed by atoms with Crippen LogP contribution in [0.3, 0.4) is 0 Å². The predicted molar refractivity (Wildman–Crippen MR) is 266 cm³/mol. The molecule has 6 nitrogen and oxygen atoms in total. The van der Waals surface area contributed by atoms with Gasteiger partial charge in [-0.05, 0) is 25.2 Å². The van der Waals surface area contributed by atoms with Crippen LogP contribution in [0.1, 0.15) is 317 Å². The quantitative estimate of drug-likeness (QED) is 0.0344. The van der Waals surface area contributed by atoms with E-state index in [9.17, 15) is 14.4 Å². The summed E-state index contributed by atoms with van der Waals surface area (Å²) in [5.41, 5.74) is 0. The predicted octanol–water partition coefficient (Wildman–Crippen LogP) is 18.2. The summed E-state index contributed by atoms with van der Waals surface area (Å²) in [5, 5.41) is 0. The van der Waals surface area contributed by atoms with Gasteiger partial charge in [0.25, 0.3) is 0 Å². The Balaban J connectivity index is 4.25. The van der Waals surface area contributed by atoms with Gasteiger partial charge < -0.3 is 14.2 Å². The normalized spacial score (nSPS) is 12.4.